The average Bonchev–Trinajstić information content (AvgIpc) is 4.15. The average molecular weight is 807 g/mol. The number of nitrogens with zero attached hydrogens (tertiary/aromatic N) is 6. The Labute approximate surface area is 347 Å². The second kappa shape index (κ2) is 18.8. The number of aliphatic imine (C=N–C) groups is 2. The van der Waals surface area contributed by atoms with Crippen LogP contribution < -0.4 is 0 Å². The van der Waals surface area contributed by atoms with Crippen molar-refractivity contribution in [2.45, 2.75) is 49.9 Å². The lowest BCUT2D eigenvalue weighted by Gasteiger charge is -2.26. The number of aromatic nitrogens is 4. The zero-order valence-corrected chi connectivity index (χ0v) is 33.4. The second-order valence-electron chi connectivity index (χ2n) is 14.6. The fraction of sp³-hybridized carbons (Fsp3) is 0.261. The van der Waals surface area contributed by atoms with Gasteiger partial charge >= 0.3 is 0 Å². The van der Waals surface area contributed by atoms with E-state index < -0.39 is 12.1 Å². The van der Waals surface area contributed by atoms with E-state index in [1.807, 2.05) is 82.7 Å². The highest BCUT2D eigenvalue weighted by molar-refractivity contribution is 5.86. The molecule has 14 nitrogen and oxygen atoms in total. The summed E-state index contributed by atoms with van der Waals surface area (Å²) >= 11 is 0. The Balaban J connectivity index is 0.925. The SMILES string of the molecule is COOC=N[C@@H](C(=O)N1CCC[C@H]1c1cc(-c2ccc(-c3ccc(-c4cnc([C@@H]5CCCN5C(=O)[C@H](N=COOC)c5ccccc5)[nH]4)cc3)cc2)n[nH]1)c1ccccc1. The number of carbonyl (C=O) groups is 2. The van der Waals surface area contributed by atoms with Crippen LogP contribution in [-0.2, 0) is 29.1 Å². The minimum atomic E-state index is -0.766. The first kappa shape index (κ1) is 39.9. The van der Waals surface area contributed by atoms with Crippen LogP contribution in [0, 0.1) is 0 Å². The van der Waals surface area contributed by atoms with Gasteiger partial charge in [0.05, 0.1) is 49.6 Å². The molecule has 8 rings (SSSR count). The smallest absolute Gasteiger partial charge is 0.252 e. The largest absolute Gasteiger partial charge is 0.340 e. The van der Waals surface area contributed by atoms with E-state index in [1.54, 1.807) is 0 Å². The van der Waals surface area contributed by atoms with Crippen LogP contribution in [0.2, 0.25) is 0 Å². The lowest BCUT2D eigenvalue weighted by molar-refractivity contribution is -0.188. The molecule has 6 aromatic rings. The van der Waals surface area contributed by atoms with Crippen LogP contribution in [0.25, 0.3) is 33.6 Å². The minimum Gasteiger partial charge on any atom is -0.340 e. The molecule has 2 aliphatic heterocycles. The normalized spacial score (nSPS) is 17.7. The van der Waals surface area contributed by atoms with E-state index in [2.05, 4.69) is 83.5 Å². The molecule has 2 N–H and O–H groups in total. The van der Waals surface area contributed by atoms with Gasteiger partial charge < -0.3 is 24.6 Å². The van der Waals surface area contributed by atoms with Gasteiger partial charge in [0.2, 0.25) is 12.8 Å². The number of rotatable bonds is 15. The summed E-state index contributed by atoms with van der Waals surface area (Å²) in [5, 5.41) is 7.85. The summed E-state index contributed by atoms with van der Waals surface area (Å²) in [6.07, 6.45) is 7.50. The van der Waals surface area contributed by atoms with Gasteiger partial charge in [-0.15, -0.1) is 0 Å². The first-order chi connectivity index (χ1) is 29.5. The molecule has 60 heavy (non-hydrogen) atoms. The minimum absolute atomic E-state index is 0.111. The van der Waals surface area contributed by atoms with E-state index in [0.717, 1.165) is 88.4 Å². The number of likely N-dealkylation sites (tertiary alicyclic amines) is 2. The molecule has 2 saturated heterocycles. The number of H-pyrrole nitrogens is 2. The lowest BCUT2D eigenvalue weighted by Crippen LogP contribution is -2.34. The summed E-state index contributed by atoms with van der Waals surface area (Å²) in [6.45, 7) is 1.23. The van der Waals surface area contributed by atoms with Gasteiger partial charge in [-0.3, -0.25) is 14.7 Å². The molecule has 2 fully saturated rings. The molecule has 4 aromatic carbocycles. The maximum absolute atomic E-state index is 13.9. The van der Waals surface area contributed by atoms with Crippen molar-refractivity contribution >= 4 is 24.6 Å². The number of hydrogen-bond acceptors (Lipinski definition) is 10. The standard InChI is InChI=1S/C46H46N8O6/c1-57-59-29-48-42(35-11-5-3-6-12-35)45(55)53-25-9-15-40(53)38-27-37(51-52-38)33-21-17-31(18-22-33)32-19-23-34(24-20-32)39-28-47-44(50-39)41-16-10-26-54(41)46(56)43(49-30-60-58-2)36-13-7-4-8-14-36/h3-8,11-14,17-24,27-30,40-43H,9-10,15-16,25-26H2,1-2H3,(H,47,50)(H,51,52)/t40-,41-,42+,43+/m0/s1. The van der Waals surface area contributed by atoms with Crippen molar-refractivity contribution in [2.24, 2.45) is 9.98 Å². The number of benzene rings is 4. The molecule has 0 spiro atoms. The summed E-state index contributed by atoms with van der Waals surface area (Å²) in [6, 6.07) is 35.7. The van der Waals surface area contributed by atoms with Crippen LogP contribution >= 0.6 is 0 Å². The van der Waals surface area contributed by atoms with E-state index in [1.165, 1.54) is 20.6 Å². The molecule has 2 aliphatic rings. The van der Waals surface area contributed by atoms with Gasteiger partial charge in [-0.1, -0.05) is 109 Å². The van der Waals surface area contributed by atoms with Crippen molar-refractivity contribution in [3.63, 3.8) is 0 Å². The second-order valence-corrected chi connectivity index (χ2v) is 14.6. The zero-order chi connectivity index (χ0) is 41.3. The van der Waals surface area contributed by atoms with Gasteiger partial charge in [-0.2, -0.15) is 14.9 Å². The van der Waals surface area contributed by atoms with E-state index in [4.69, 9.17) is 14.8 Å². The van der Waals surface area contributed by atoms with Crippen molar-refractivity contribution in [1.82, 2.24) is 30.0 Å². The van der Waals surface area contributed by atoms with Crippen molar-refractivity contribution in [3.05, 3.63) is 144 Å². The van der Waals surface area contributed by atoms with Gasteiger partial charge in [-0.05, 0) is 59.6 Å². The maximum Gasteiger partial charge on any atom is 0.252 e. The maximum atomic E-state index is 13.9. The lowest BCUT2D eigenvalue weighted by atomic mass is 10.0. The molecule has 4 atom stereocenters. The summed E-state index contributed by atoms with van der Waals surface area (Å²) < 4.78 is 0. The van der Waals surface area contributed by atoms with Gasteiger partial charge in [0.15, 0.2) is 12.1 Å². The molecular formula is C46H46N8O6. The molecule has 0 aliphatic carbocycles. The van der Waals surface area contributed by atoms with E-state index >= 15 is 0 Å². The zero-order valence-electron chi connectivity index (χ0n) is 33.4. The van der Waals surface area contributed by atoms with Crippen molar-refractivity contribution in [3.8, 4) is 33.6 Å². The summed E-state index contributed by atoms with van der Waals surface area (Å²) in [7, 11) is 2.78. The molecule has 4 heterocycles. The highest BCUT2D eigenvalue weighted by Crippen LogP contribution is 2.37. The number of imidazole rings is 1. The topological polar surface area (TPSA) is 160 Å². The Kier molecular flexibility index (Phi) is 12.5. The molecular weight excluding hydrogens is 761 g/mol. The van der Waals surface area contributed by atoms with E-state index in [0.29, 0.717) is 13.1 Å². The third kappa shape index (κ3) is 8.75. The fourth-order valence-corrected chi connectivity index (χ4v) is 8.08. The molecule has 14 heteroatoms. The summed E-state index contributed by atoms with van der Waals surface area (Å²) in [5.41, 5.74) is 8.19. The predicted molar refractivity (Wildman–Crippen MR) is 226 cm³/mol. The van der Waals surface area contributed by atoms with Crippen LogP contribution in [0.4, 0.5) is 0 Å². The molecule has 2 aromatic heterocycles. The van der Waals surface area contributed by atoms with Crippen molar-refractivity contribution < 1.29 is 29.1 Å². The third-order valence-corrected chi connectivity index (χ3v) is 11.0. The quantitative estimate of drug-likeness (QED) is 0.0455. The summed E-state index contributed by atoms with van der Waals surface area (Å²) in [5.74, 6) is 0.508. The molecule has 2 amide bonds. The number of aromatic amines is 2. The monoisotopic (exact) mass is 806 g/mol. The number of carbonyl (C=O) groups excluding carboxylic acids is 2. The number of nitrogens with one attached hydrogen (secondary N) is 2. The Bertz CT molecular complexity index is 2230. The molecule has 0 saturated carbocycles. The van der Waals surface area contributed by atoms with E-state index in [-0.39, 0.29) is 23.9 Å². The third-order valence-electron chi connectivity index (χ3n) is 11.0. The summed E-state index contributed by atoms with van der Waals surface area (Å²) in [4.78, 5) is 67.6. The Morgan fingerprint density at radius 1 is 0.683 bits per heavy atom. The van der Waals surface area contributed by atoms with Crippen LogP contribution in [-0.4, -0.2) is 81.9 Å². The van der Waals surface area contributed by atoms with Gasteiger partial charge in [0.1, 0.15) is 5.82 Å². The van der Waals surface area contributed by atoms with Gasteiger partial charge in [0, 0.05) is 18.7 Å². The van der Waals surface area contributed by atoms with Crippen molar-refractivity contribution in [1.29, 1.82) is 0 Å². The van der Waals surface area contributed by atoms with Gasteiger partial charge in [0.25, 0.3) is 11.8 Å². The molecule has 0 unspecified atom stereocenters. The Morgan fingerprint density at radius 2 is 1.18 bits per heavy atom. The highest BCUT2D eigenvalue weighted by Gasteiger charge is 2.37. The first-order valence-electron chi connectivity index (χ1n) is 20.0. The van der Waals surface area contributed by atoms with Crippen molar-refractivity contribution in [2.75, 3.05) is 27.3 Å². The number of amides is 2. The molecule has 0 bridgehead atoms. The molecule has 306 valence electrons. The fourth-order valence-electron chi connectivity index (χ4n) is 8.08. The number of hydrogen-bond donors (Lipinski definition) is 2. The Hall–Kier alpha value is -6.90. The predicted octanol–water partition coefficient (Wildman–Crippen LogP) is 8.16. The van der Waals surface area contributed by atoms with Crippen LogP contribution in [0.1, 0.15) is 72.5 Å². The highest BCUT2D eigenvalue weighted by atomic mass is 17.2. The van der Waals surface area contributed by atoms with E-state index in [9.17, 15) is 9.59 Å². The Morgan fingerprint density at radius 3 is 1.73 bits per heavy atom. The first-order valence-corrected chi connectivity index (χ1v) is 20.0. The van der Waals surface area contributed by atoms with Gasteiger partial charge in [-0.25, -0.2) is 15.0 Å². The van der Waals surface area contributed by atoms with Crippen LogP contribution in [0.3, 0.4) is 0 Å². The molecule has 0 radical (unpaired) electrons. The van der Waals surface area contributed by atoms with Crippen LogP contribution in [0.5, 0.6) is 0 Å². The van der Waals surface area contributed by atoms with Crippen LogP contribution in [0.15, 0.2) is 131 Å².